The van der Waals surface area contributed by atoms with Gasteiger partial charge >= 0.3 is 5.97 Å². The van der Waals surface area contributed by atoms with E-state index in [1.807, 2.05) is 13.1 Å². The van der Waals surface area contributed by atoms with Crippen LogP contribution in [0.2, 0.25) is 0 Å². The Bertz CT molecular complexity index is 584. The van der Waals surface area contributed by atoms with Gasteiger partial charge in [0.2, 0.25) is 5.91 Å². The number of hydrogen-bond donors (Lipinski definition) is 1. The van der Waals surface area contributed by atoms with Crippen molar-refractivity contribution in [2.24, 2.45) is 5.92 Å². The summed E-state index contributed by atoms with van der Waals surface area (Å²) in [7, 11) is 1.32. The molecule has 1 atom stereocenters. The van der Waals surface area contributed by atoms with Crippen molar-refractivity contribution in [3.8, 4) is 0 Å². The summed E-state index contributed by atoms with van der Waals surface area (Å²) in [4.78, 5) is 31.9. The minimum absolute atomic E-state index is 0.000246. The van der Waals surface area contributed by atoms with Gasteiger partial charge in [-0.3, -0.25) is 4.79 Å². The van der Waals surface area contributed by atoms with E-state index in [0.717, 1.165) is 36.3 Å². The Morgan fingerprint density at radius 2 is 2.32 bits per heavy atom. The molecule has 1 heterocycles. The van der Waals surface area contributed by atoms with E-state index >= 15 is 0 Å². The zero-order valence-electron chi connectivity index (χ0n) is 13.0. The van der Waals surface area contributed by atoms with Crippen LogP contribution in [0.5, 0.6) is 0 Å². The first-order valence-corrected chi connectivity index (χ1v) is 7.50. The Hall–Kier alpha value is -2.24. The van der Waals surface area contributed by atoms with Crippen molar-refractivity contribution < 1.29 is 14.3 Å². The molecule has 0 aromatic carbocycles. The topological polar surface area (TPSA) is 81.2 Å². The molecule has 6 heteroatoms. The zero-order valence-corrected chi connectivity index (χ0v) is 13.0. The smallest absolute Gasteiger partial charge is 0.330 e. The molecule has 0 fully saturated rings. The highest BCUT2D eigenvalue weighted by molar-refractivity contribution is 5.82. The number of carbonyl (C=O) groups is 2. The SMILES string of the molecule is CCc1ncc2c(n1)CCC(C(=O)NC/C=C/C(=O)OC)C2. The van der Waals surface area contributed by atoms with Crippen LogP contribution in [-0.2, 0) is 33.6 Å². The predicted molar refractivity (Wildman–Crippen MR) is 81.1 cm³/mol. The van der Waals surface area contributed by atoms with E-state index in [9.17, 15) is 9.59 Å². The maximum Gasteiger partial charge on any atom is 0.330 e. The molecule has 1 unspecified atom stereocenters. The van der Waals surface area contributed by atoms with E-state index < -0.39 is 5.97 Å². The molecule has 1 aromatic heterocycles. The molecule has 6 nitrogen and oxygen atoms in total. The van der Waals surface area contributed by atoms with Crippen LogP contribution >= 0.6 is 0 Å². The van der Waals surface area contributed by atoms with Gasteiger partial charge in [-0.05, 0) is 24.8 Å². The van der Waals surface area contributed by atoms with Crippen molar-refractivity contribution in [1.82, 2.24) is 15.3 Å². The number of rotatable bonds is 5. The van der Waals surface area contributed by atoms with Crippen molar-refractivity contribution >= 4 is 11.9 Å². The largest absolute Gasteiger partial charge is 0.466 e. The van der Waals surface area contributed by atoms with Gasteiger partial charge < -0.3 is 10.1 Å². The first-order valence-electron chi connectivity index (χ1n) is 7.50. The van der Waals surface area contributed by atoms with Gasteiger partial charge in [-0.25, -0.2) is 14.8 Å². The number of methoxy groups -OCH3 is 1. The van der Waals surface area contributed by atoms with E-state index in [2.05, 4.69) is 20.0 Å². The lowest BCUT2D eigenvalue weighted by Crippen LogP contribution is -2.34. The van der Waals surface area contributed by atoms with E-state index in [0.29, 0.717) is 13.0 Å². The molecule has 1 aromatic rings. The number of fused-ring (bicyclic) bond motifs is 1. The fourth-order valence-electron chi connectivity index (χ4n) is 2.47. The minimum atomic E-state index is -0.426. The first kappa shape index (κ1) is 16.1. The number of hydrogen-bond acceptors (Lipinski definition) is 5. The molecular formula is C16H21N3O3. The molecule has 1 aliphatic carbocycles. The number of amides is 1. The summed E-state index contributed by atoms with van der Waals surface area (Å²) in [5.74, 6) is 0.370. The van der Waals surface area contributed by atoms with Gasteiger partial charge in [0, 0.05) is 36.9 Å². The van der Waals surface area contributed by atoms with Crippen LogP contribution in [0.1, 0.15) is 30.4 Å². The van der Waals surface area contributed by atoms with Gasteiger partial charge in [-0.1, -0.05) is 13.0 Å². The minimum Gasteiger partial charge on any atom is -0.466 e. The molecule has 0 saturated carbocycles. The van der Waals surface area contributed by atoms with Gasteiger partial charge in [-0.15, -0.1) is 0 Å². The lowest BCUT2D eigenvalue weighted by Gasteiger charge is -2.22. The van der Waals surface area contributed by atoms with Crippen molar-refractivity contribution in [3.63, 3.8) is 0 Å². The van der Waals surface area contributed by atoms with E-state index in [1.54, 1.807) is 6.08 Å². The van der Waals surface area contributed by atoms with E-state index in [4.69, 9.17) is 0 Å². The average molecular weight is 303 g/mol. The molecular weight excluding hydrogens is 282 g/mol. The van der Waals surface area contributed by atoms with Crippen LogP contribution in [-0.4, -0.2) is 35.5 Å². The number of nitrogens with zero attached hydrogens (tertiary/aromatic N) is 2. The molecule has 1 N–H and O–H groups in total. The van der Waals surface area contributed by atoms with Crippen LogP contribution in [0.15, 0.2) is 18.3 Å². The Kier molecular flexibility index (Phi) is 5.63. The number of ether oxygens (including phenoxy) is 1. The van der Waals surface area contributed by atoms with Crippen molar-refractivity contribution in [3.05, 3.63) is 35.4 Å². The Balaban J connectivity index is 1.87. The van der Waals surface area contributed by atoms with Gasteiger partial charge in [0.1, 0.15) is 5.82 Å². The van der Waals surface area contributed by atoms with Crippen LogP contribution in [0, 0.1) is 5.92 Å². The maximum absolute atomic E-state index is 12.1. The van der Waals surface area contributed by atoms with E-state index in [1.165, 1.54) is 13.2 Å². The van der Waals surface area contributed by atoms with Gasteiger partial charge in [0.05, 0.1) is 7.11 Å². The highest BCUT2D eigenvalue weighted by Crippen LogP contribution is 2.24. The lowest BCUT2D eigenvalue weighted by molar-refractivity contribution is -0.135. The normalized spacial score (nSPS) is 17.1. The van der Waals surface area contributed by atoms with Gasteiger partial charge in [-0.2, -0.15) is 0 Å². The van der Waals surface area contributed by atoms with Gasteiger partial charge in [0.25, 0.3) is 0 Å². The maximum atomic E-state index is 12.1. The number of esters is 1. The molecule has 0 saturated heterocycles. The summed E-state index contributed by atoms with van der Waals surface area (Å²) in [6.45, 7) is 2.35. The summed E-state index contributed by atoms with van der Waals surface area (Å²) in [5.41, 5.74) is 2.13. The summed E-state index contributed by atoms with van der Waals surface area (Å²) in [6, 6.07) is 0. The van der Waals surface area contributed by atoms with Crippen LogP contribution in [0.3, 0.4) is 0 Å². The molecule has 2 rings (SSSR count). The predicted octanol–water partition coefficient (Wildman–Crippen LogP) is 0.989. The fourth-order valence-corrected chi connectivity index (χ4v) is 2.47. The van der Waals surface area contributed by atoms with Crippen LogP contribution in [0.4, 0.5) is 0 Å². The standard InChI is InChI=1S/C16H21N3O3/c1-3-14-18-10-12-9-11(6-7-13(12)19-14)16(21)17-8-4-5-15(20)22-2/h4-5,10-11H,3,6-9H2,1-2H3,(H,17,21)/b5-4+. The third kappa shape index (κ3) is 4.13. The first-order chi connectivity index (χ1) is 10.6. The van der Waals surface area contributed by atoms with Crippen LogP contribution in [0.25, 0.3) is 0 Å². The van der Waals surface area contributed by atoms with Crippen molar-refractivity contribution in [1.29, 1.82) is 0 Å². The Morgan fingerprint density at radius 3 is 3.05 bits per heavy atom. The van der Waals surface area contributed by atoms with E-state index in [-0.39, 0.29) is 11.8 Å². The lowest BCUT2D eigenvalue weighted by atomic mass is 9.86. The molecule has 1 amide bonds. The quantitative estimate of drug-likeness (QED) is 0.648. The van der Waals surface area contributed by atoms with Gasteiger partial charge in [0.15, 0.2) is 0 Å². The second-order valence-electron chi connectivity index (χ2n) is 5.22. The second kappa shape index (κ2) is 7.68. The summed E-state index contributed by atoms with van der Waals surface area (Å²) in [5, 5.41) is 2.81. The molecule has 0 bridgehead atoms. The van der Waals surface area contributed by atoms with Crippen molar-refractivity contribution in [2.75, 3.05) is 13.7 Å². The summed E-state index contributed by atoms with van der Waals surface area (Å²) in [6.07, 6.45) is 7.82. The number of nitrogens with one attached hydrogen (secondary N) is 1. The Labute approximate surface area is 130 Å². The summed E-state index contributed by atoms with van der Waals surface area (Å²) < 4.78 is 4.48. The second-order valence-corrected chi connectivity index (χ2v) is 5.22. The summed E-state index contributed by atoms with van der Waals surface area (Å²) >= 11 is 0. The third-order valence-corrected chi connectivity index (χ3v) is 3.74. The highest BCUT2D eigenvalue weighted by Gasteiger charge is 2.25. The number of aryl methyl sites for hydroxylation is 2. The third-order valence-electron chi connectivity index (χ3n) is 3.74. The molecule has 0 spiro atoms. The average Bonchev–Trinajstić information content (AvgIpc) is 2.57. The molecule has 1 aliphatic rings. The fraction of sp³-hybridized carbons (Fsp3) is 0.500. The van der Waals surface area contributed by atoms with Crippen molar-refractivity contribution in [2.45, 2.75) is 32.6 Å². The highest BCUT2D eigenvalue weighted by atomic mass is 16.5. The zero-order chi connectivity index (χ0) is 15.9. The monoisotopic (exact) mass is 303 g/mol. The molecule has 0 radical (unpaired) electrons. The van der Waals surface area contributed by atoms with Crippen LogP contribution < -0.4 is 5.32 Å². The number of carbonyl (C=O) groups excluding carboxylic acids is 2. The Morgan fingerprint density at radius 1 is 1.50 bits per heavy atom. The molecule has 118 valence electrons. The molecule has 22 heavy (non-hydrogen) atoms. The molecule has 0 aliphatic heterocycles. The number of aromatic nitrogens is 2.